The normalized spacial score (nSPS) is 15.5. The summed E-state index contributed by atoms with van der Waals surface area (Å²) in [7, 11) is 0. The van der Waals surface area contributed by atoms with Crippen LogP contribution in [0.1, 0.15) is 48.1 Å². The van der Waals surface area contributed by atoms with Gasteiger partial charge in [-0.25, -0.2) is 0 Å². The van der Waals surface area contributed by atoms with Crippen LogP contribution in [0.3, 0.4) is 0 Å². The van der Waals surface area contributed by atoms with Crippen molar-refractivity contribution in [2.45, 2.75) is 45.6 Å². The molecule has 104 valence electrons. The highest BCUT2D eigenvalue weighted by molar-refractivity contribution is 5.47. The molecule has 0 saturated carbocycles. The second-order valence-electron chi connectivity index (χ2n) is 5.97. The van der Waals surface area contributed by atoms with Gasteiger partial charge in [-0.05, 0) is 68.4 Å². The molecule has 1 nitrogen and oxygen atoms in total. The molecule has 0 aromatic heterocycles. The molecule has 1 aliphatic rings. The van der Waals surface area contributed by atoms with Crippen molar-refractivity contribution in [2.24, 2.45) is 0 Å². The first-order valence-electron chi connectivity index (χ1n) is 7.67. The number of hydrogen-bond acceptors (Lipinski definition) is 1. The minimum Gasteiger partial charge on any atom is -0.379 e. The SMILES string of the molecule is Cc1ccc(NC(C)c2ccc3c(c2)CCCC3)cc1. The Balaban J connectivity index is 1.76. The van der Waals surface area contributed by atoms with E-state index in [1.807, 2.05) is 0 Å². The Morgan fingerprint density at radius 2 is 1.60 bits per heavy atom. The number of aryl methyl sites for hydroxylation is 3. The summed E-state index contributed by atoms with van der Waals surface area (Å²) in [5.41, 5.74) is 7.01. The zero-order valence-electron chi connectivity index (χ0n) is 12.4. The van der Waals surface area contributed by atoms with E-state index in [0.29, 0.717) is 6.04 Å². The average molecular weight is 265 g/mol. The summed E-state index contributed by atoms with van der Waals surface area (Å²) in [5.74, 6) is 0. The maximum atomic E-state index is 3.59. The van der Waals surface area contributed by atoms with Crippen molar-refractivity contribution in [3.63, 3.8) is 0 Å². The molecule has 1 heteroatoms. The van der Waals surface area contributed by atoms with Gasteiger partial charge in [0.15, 0.2) is 0 Å². The molecule has 0 fully saturated rings. The number of anilines is 1. The number of fused-ring (bicyclic) bond motifs is 1. The van der Waals surface area contributed by atoms with E-state index in [-0.39, 0.29) is 0 Å². The zero-order chi connectivity index (χ0) is 13.9. The van der Waals surface area contributed by atoms with Gasteiger partial charge in [0.2, 0.25) is 0 Å². The molecule has 0 saturated heterocycles. The van der Waals surface area contributed by atoms with Gasteiger partial charge in [0, 0.05) is 11.7 Å². The Morgan fingerprint density at radius 3 is 2.35 bits per heavy atom. The van der Waals surface area contributed by atoms with E-state index in [4.69, 9.17) is 0 Å². The predicted molar refractivity (Wildman–Crippen MR) is 86.3 cm³/mol. The molecule has 1 aliphatic carbocycles. The van der Waals surface area contributed by atoms with Crippen molar-refractivity contribution in [2.75, 3.05) is 5.32 Å². The van der Waals surface area contributed by atoms with Crippen LogP contribution < -0.4 is 5.32 Å². The minimum absolute atomic E-state index is 0.352. The van der Waals surface area contributed by atoms with E-state index in [1.54, 1.807) is 11.1 Å². The first kappa shape index (κ1) is 13.2. The van der Waals surface area contributed by atoms with Gasteiger partial charge < -0.3 is 5.32 Å². The molecule has 0 bridgehead atoms. The summed E-state index contributed by atoms with van der Waals surface area (Å²) in [5, 5.41) is 3.59. The van der Waals surface area contributed by atoms with E-state index in [2.05, 4.69) is 61.6 Å². The molecule has 0 amide bonds. The quantitative estimate of drug-likeness (QED) is 0.819. The van der Waals surface area contributed by atoms with Gasteiger partial charge in [-0.2, -0.15) is 0 Å². The topological polar surface area (TPSA) is 12.0 Å². The molecule has 0 aliphatic heterocycles. The fourth-order valence-electron chi connectivity index (χ4n) is 3.01. The Kier molecular flexibility index (Phi) is 3.77. The zero-order valence-corrected chi connectivity index (χ0v) is 12.4. The van der Waals surface area contributed by atoms with Crippen molar-refractivity contribution in [3.8, 4) is 0 Å². The summed E-state index contributed by atoms with van der Waals surface area (Å²) in [6, 6.07) is 16.0. The van der Waals surface area contributed by atoms with Crippen LogP contribution >= 0.6 is 0 Å². The molecular formula is C19H23N. The minimum atomic E-state index is 0.352. The Morgan fingerprint density at radius 1 is 0.900 bits per heavy atom. The van der Waals surface area contributed by atoms with Gasteiger partial charge in [-0.3, -0.25) is 0 Å². The Bertz CT molecular complexity index is 583. The summed E-state index contributed by atoms with van der Waals surface area (Å²) in [4.78, 5) is 0. The monoisotopic (exact) mass is 265 g/mol. The van der Waals surface area contributed by atoms with Gasteiger partial charge in [-0.15, -0.1) is 0 Å². The number of hydrogen-bond donors (Lipinski definition) is 1. The van der Waals surface area contributed by atoms with Crippen molar-refractivity contribution in [1.29, 1.82) is 0 Å². The van der Waals surface area contributed by atoms with Crippen LogP contribution in [0.4, 0.5) is 5.69 Å². The fraction of sp³-hybridized carbons (Fsp3) is 0.368. The molecule has 1 N–H and O–H groups in total. The molecule has 0 radical (unpaired) electrons. The predicted octanol–water partition coefficient (Wildman–Crippen LogP) is 5.05. The van der Waals surface area contributed by atoms with Crippen LogP contribution in [0, 0.1) is 6.92 Å². The third-order valence-corrected chi connectivity index (χ3v) is 4.31. The highest BCUT2D eigenvalue weighted by Crippen LogP contribution is 2.26. The van der Waals surface area contributed by atoms with Gasteiger partial charge in [-0.1, -0.05) is 35.9 Å². The molecule has 2 aromatic carbocycles. The van der Waals surface area contributed by atoms with Crippen molar-refractivity contribution in [1.82, 2.24) is 0 Å². The van der Waals surface area contributed by atoms with Crippen molar-refractivity contribution >= 4 is 5.69 Å². The Hall–Kier alpha value is -1.76. The fourth-order valence-corrected chi connectivity index (χ4v) is 3.01. The summed E-state index contributed by atoms with van der Waals surface area (Å²) in [6.45, 7) is 4.36. The molecule has 2 aromatic rings. The van der Waals surface area contributed by atoms with Crippen LogP contribution in [0.2, 0.25) is 0 Å². The van der Waals surface area contributed by atoms with Gasteiger partial charge in [0.1, 0.15) is 0 Å². The molecule has 1 atom stereocenters. The van der Waals surface area contributed by atoms with E-state index < -0.39 is 0 Å². The average Bonchev–Trinajstić information content (AvgIpc) is 2.49. The Labute approximate surface area is 122 Å². The lowest BCUT2D eigenvalue weighted by Crippen LogP contribution is -2.09. The van der Waals surface area contributed by atoms with Gasteiger partial charge in [0.25, 0.3) is 0 Å². The van der Waals surface area contributed by atoms with Crippen LogP contribution in [0.25, 0.3) is 0 Å². The maximum absolute atomic E-state index is 3.59. The third kappa shape index (κ3) is 2.87. The van der Waals surface area contributed by atoms with Crippen molar-refractivity contribution in [3.05, 3.63) is 64.7 Å². The lowest BCUT2D eigenvalue weighted by molar-refractivity contribution is 0.683. The molecular weight excluding hydrogens is 242 g/mol. The molecule has 0 heterocycles. The van der Waals surface area contributed by atoms with Gasteiger partial charge in [0.05, 0.1) is 0 Å². The molecule has 1 unspecified atom stereocenters. The molecule has 20 heavy (non-hydrogen) atoms. The largest absolute Gasteiger partial charge is 0.379 e. The van der Waals surface area contributed by atoms with E-state index >= 15 is 0 Å². The van der Waals surface area contributed by atoms with E-state index in [9.17, 15) is 0 Å². The van der Waals surface area contributed by atoms with Gasteiger partial charge >= 0.3 is 0 Å². The second-order valence-corrected chi connectivity index (χ2v) is 5.97. The number of benzene rings is 2. The molecule has 0 spiro atoms. The smallest absolute Gasteiger partial charge is 0.0485 e. The van der Waals surface area contributed by atoms with E-state index in [0.717, 1.165) is 0 Å². The second kappa shape index (κ2) is 5.70. The maximum Gasteiger partial charge on any atom is 0.0485 e. The standard InChI is InChI=1S/C19H23N/c1-14-7-11-19(12-8-14)20-15(2)17-10-9-16-5-3-4-6-18(16)13-17/h7-13,15,20H,3-6H2,1-2H3. The number of rotatable bonds is 3. The first-order valence-corrected chi connectivity index (χ1v) is 7.67. The van der Waals surface area contributed by atoms with Crippen LogP contribution in [-0.4, -0.2) is 0 Å². The number of nitrogens with one attached hydrogen (secondary N) is 1. The summed E-state index contributed by atoms with van der Waals surface area (Å²) < 4.78 is 0. The lowest BCUT2D eigenvalue weighted by atomic mass is 9.89. The lowest BCUT2D eigenvalue weighted by Gasteiger charge is -2.20. The highest BCUT2D eigenvalue weighted by Gasteiger charge is 2.12. The summed E-state index contributed by atoms with van der Waals surface area (Å²) >= 11 is 0. The first-order chi connectivity index (χ1) is 9.72. The van der Waals surface area contributed by atoms with Crippen LogP contribution in [0.5, 0.6) is 0 Å². The third-order valence-electron chi connectivity index (χ3n) is 4.31. The molecule has 3 rings (SSSR count). The van der Waals surface area contributed by atoms with Crippen LogP contribution in [-0.2, 0) is 12.8 Å². The summed E-state index contributed by atoms with van der Waals surface area (Å²) in [6.07, 6.45) is 5.20. The van der Waals surface area contributed by atoms with Crippen LogP contribution in [0.15, 0.2) is 42.5 Å². The van der Waals surface area contributed by atoms with Crippen molar-refractivity contribution < 1.29 is 0 Å². The highest BCUT2D eigenvalue weighted by atomic mass is 14.9. The van der Waals surface area contributed by atoms with E-state index in [1.165, 1.54) is 42.5 Å².